The van der Waals surface area contributed by atoms with Crippen LogP contribution >= 0.6 is 0 Å². The molecule has 0 radical (unpaired) electrons. The van der Waals surface area contributed by atoms with Crippen LogP contribution in [0.2, 0.25) is 0 Å². The van der Waals surface area contributed by atoms with Crippen molar-refractivity contribution in [2.75, 3.05) is 0 Å². The maximum absolute atomic E-state index is 2.43. The molecule has 0 aliphatic heterocycles. The molecule has 0 rings (SSSR count). The lowest BCUT2D eigenvalue weighted by molar-refractivity contribution is 0.307. The molecule has 0 saturated heterocycles. The summed E-state index contributed by atoms with van der Waals surface area (Å²) in [6.45, 7) is 9.41. The van der Waals surface area contributed by atoms with Crippen molar-refractivity contribution >= 4 is 0 Å². The van der Waals surface area contributed by atoms with Crippen molar-refractivity contribution in [2.45, 2.75) is 91.9 Å². The molecule has 0 aromatic rings. The molecule has 0 spiro atoms. The Morgan fingerprint density at radius 3 is 1.75 bits per heavy atom. The highest BCUT2D eigenvalue weighted by atomic mass is 14.2. The van der Waals surface area contributed by atoms with Gasteiger partial charge in [0.2, 0.25) is 0 Å². The van der Waals surface area contributed by atoms with E-state index in [-0.39, 0.29) is 0 Å². The molecule has 0 bridgehead atoms. The van der Waals surface area contributed by atoms with Crippen molar-refractivity contribution in [1.82, 2.24) is 0 Å². The molecule has 98 valence electrons. The van der Waals surface area contributed by atoms with E-state index in [1.54, 1.807) is 0 Å². The third kappa shape index (κ3) is 8.19. The largest absolute Gasteiger partial charge is 0.0654 e. The Morgan fingerprint density at radius 1 is 0.688 bits per heavy atom. The van der Waals surface area contributed by atoms with Gasteiger partial charge in [-0.25, -0.2) is 0 Å². The second-order valence-corrected chi connectivity index (χ2v) is 5.46. The zero-order valence-corrected chi connectivity index (χ0v) is 12.2. The summed E-state index contributed by atoms with van der Waals surface area (Å²) in [5.74, 6) is 1.92. The lowest BCUT2D eigenvalue weighted by atomic mass is 9.85. The van der Waals surface area contributed by atoms with E-state index in [1.165, 1.54) is 64.2 Å². The van der Waals surface area contributed by atoms with Crippen LogP contribution < -0.4 is 0 Å². The minimum atomic E-state index is 0.935. The smallest absolute Gasteiger partial charge is 0.0391 e. The molecule has 0 aromatic heterocycles. The van der Waals surface area contributed by atoms with E-state index in [1.807, 2.05) is 0 Å². The van der Waals surface area contributed by atoms with Gasteiger partial charge in [0, 0.05) is 0 Å². The van der Waals surface area contributed by atoms with Crippen LogP contribution in [0, 0.1) is 11.8 Å². The van der Waals surface area contributed by atoms with E-state index in [4.69, 9.17) is 0 Å². The molecule has 0 aliphatic carbocycles. The minimum absolute atomic E-state index is 0.935. The van der Waals surface area contributed by atoms with E-state index < -0.39 is 0 Å². The fourth-order valence-electron chi connectivity index (χ4n) is 2.59. The van der Waals surface area contributed by atoms with E-state index in [0.717, 1.165) is 11.8 Å². The standard InChI is InChI=1S/C16H34/c1-5-8-9-10-11-12-13-14-16(7-3)15(4)6-2/h15-16H,5-14H2,1-4H3. The van der Waals surface area contributed by atoms with Crippen LogP contribution in [0.4, 0.5) is 0 Å². The van der Waals surface area contributed by atoms with Gasteiger partial charge in [-0.1, -0.05) is 91.9 Å². The molecule has 0 aliphatic rings. The van der Waals surface area contributed by atoms with E-state index in [9.17, 15) is 0 Å². The second kappa shape index (κ2) is 11.5. The van der Waals surface area contributed by atoms with Gasteiger partial charge in [0.1, 0.15) is 0 Å². The maximum Gasteiger partial charge on any atom is -0.0391 e. The summed E-state index contributed by atoms with van der Waals surface area (Å²) in [4.78, 5) is 0. The monoisotopic (exact) mass is 226 g/mol. The van der Waals surface area contributed by atoms with Gasteiger partial charge in [0.15, 0.2) is 0 Å². The summed E-state index contributed by atoms with van der Waals surface area (Å²) in [5, 5.41) is 0. The predicted molar refractivity (Wildman–Crippen MR) is 75.8 cm³/mol. The van der Waals surface area contributed by atoms with Crippen molar-refractivity contribution in [3.8, 4) is 0 Å². The van der Waals surface area contributed by atoms with Crippen LogP contribution in [0.1, 0.15) is 91.9 Å². The Kier molecular flexibility index (Phi) is 11.5. The van der Waals surface area contributed by atoms with Crippen LogP contribution in [0.25, 0.3) is 0 Å². The fraction of sp³-hybridized carbons (Fsp3) is 1.00. The predicted octanol–water partition coefficient (Wildman–Crippen LogP) is 6.20. The third-order valence-corrected chi connectivity index (χ3v) is 4.15. The first-order valence-corrected chi connectivity index (χ1v) is 7.76. The average molecular weight is 226 g/mol. The summed E-state index contributed by atoms with van der Waals surface area (Å²) in [5.41, 5.74) is 0. The van der Waals surface area contributed by atoms with Gasteiger partial charge in [-0.2, -0.15) is 0 Å². The van der Waals surface area contributed by atoms with Crippen molar-refractivity contribution in [3.05, 3.63) is 0 Å². The highest BCUT2D eigenvalue weighted by Crippen LogP contribution is 2.24. The third-order valence-electron chi connectivity index (χ3n) is 4.15. The average Bonchev–Trinajstić information content (AvgIpc) is 2.32. The topological polar surface area (TPSA) is 0 Å². The summed E-state index contributed by atoms with van der Waals surface area (Å²) < 4.78 is 0. The van der Waals surface area contributed by atoms with Crippen LogP contribution in [0.3, 0.4) is 0 Å². The van der Waals surface area contributed by atoms with Crippen LogP contribution in [-0.4, -0.2) is 0 Å². The number of hydrogen-bond acceptors (Lipinski definition) is 0. The van der Waals surface area contributed by atoms with Crippen molar-refractivity contribution in [3.63, 3.8) is 0 Å². The molecule has 2 unspecified atom stereocenters. The fourth-order valence-corrected chi connectivity index (χ4v) is 2.59. The van der Waals surface area contributed by atoms with Gasteiger partial charge in [0.25, 0.3) is 0 Å². The first kappa shape index (κ1) is 16.0. The number of unbranched alkanes of at least 4 members (excludes halogenated alkanes) is 6. The lowest BCUT2D eigenvalue weighted by Gasteiger charge is -2.21. The highest BCUT2D eigenvalue weighted by Gasteiger charge is 2.12. The van der Waals surface area contributed by atoms with Gasteiger partial charge in [-0.15, -0.1) is 0 Å². The van der Waals surface area contributed by atoms with Crippen molar-refractivity contribution in [2.24, 2.45) is 11.8 Å². The zero-order chi connectivity index (χ0) is 12.2. The first-order chi connectivity index (χ1) is 7.76. The molecule has 2 atom stereocenters. The van der Waals surface area contributed by atoms with Crippen molar-refractivity contribution < 1.29 is 0 Å². The molecule has 0 fully saturated rings. The van der Waals surface area contributed by atoms with Crippen LogP contribution in [-0.2, 0) is 0 Å². The molecule has 0 heteroatoms. The minimum Gasteiger partial charge on any atom is -0.0654 e. The second-order valence-electron chi connectivity index (χ2n) is 5.46. The van der Waals surface area contributed by atoms with Gasteiger partial charge >= 0.3 is 0 Å². The summed E-state index contributed by atoms with van der Waals surface area (Å²) >= 11 is 0. The molecule has 0 heterocycles. The quantitative estimate of drug-likeness (QED) is 0.368. The summed E-state index contributed by atoms with van der Waals surface area (Å²) in [6, 6.07) is 0. The molecule has 0 aromatic carbocycles. The molecule has 16 heavy (non-hydrogen) atoms. The molecule has 0 amide bonds. The highest BCUT2D eigenvalue weighted by molar-refractivity contribution is 4.64. The van der Waals surface area contributed by atoms with Crippen molar-refractivity contribution in [1.29, 1.82) is 0 Å². The molecule has 0 saturated carbocycles. The molecular weight excluding hydrogens is 192 g/mol. The molecular formula is C16H34. The Bertz CT molecular complexity index is 128. The number of hydrogen-bond donors (Lipinski definition) is 0. The van der Waals surface area contributed by atoms with E-state index >= 15 is 0 Å². The summed E-state index contributed by atoms with van der Waals surface area (Å²) in [7, 11) is 0. The normalized spacial score (nSPS) is 15.0. The summed E-state index contributed by atoms with van der Waals surface area (Å²) in [6.07, 6.45) is 14.3. The van der Waals surface area contributed by atoms with Gasteiger partial charge < -0.3 is 0 Å². The SMILES string of the molecule is CCCCCCCCCC(CC)C(C)CC. The van der Waals surface area contributed by atoms with Gasteiger partial charge in [-0.3, -0.25) is 0 Å². The molecule has 0 N–H and O–H groups in total. The van der Waals surface area contributed by atoms with Crippen LogP contribution in [0.15, 0.2) is 0 Å². The van der Waals surface area contributed by atoms with E-state index in [2.05, 4.69) is 27.7 Å². The van der Waals surface area contributed by atoms with Crippen LogP contribution in [0.5, 0.6) is 0 Å². The lowest BCUT2D eigenvalue weighted by Crippen LogP contribution is -2.09. The Labute approximate surface area is 104 Å². The first-order valence-electron chi connectivity index (χ1n) is 7.76. The molecule has 0 nitrogen and oxygen atoms in total. The Balaban J connectivity index is 3.34. The maximum atomic E-state index is 2.43. The zero-order valence-electron chi connectivity index (χ0n) is 12.2. The van der Waals surface area contributed by atoms with Gasteiger partial charge in [0.05, 0.1) is 0 Å². The Morgan fingerprint density at radius 2 is 1.25 bits per heavy atom. The van der Waals surface area contributed by atoms with Gasteiger partial charge in [-0.05, 0) is 11.8 Å². The number of rotatable bonds is 11. The Hall–Kier alpha value is 0. The van der Waals surface area contributed by atoms with E-state index in [0.29, 0.717) is 0 Å².